The molecule has 0 radical (unpaired) electrons. The van der Waals surface area contributed by atoms with E-state index in [-0.39, 0.29) is 12.0 Å². The summed E-state index contributed by atoms with van der Waals surface area (Å²) in [4.78, 5) is 28.0. The fourth-order valence-corrected chi connectivity index (χ4v) is 5.85. The Bertz CT molecular complexity index is 1140. The summed E-state index contributed by atoms with van der Waals surface area (Å²) in [5.41, 5.74) is 4.26. The van der Waals surface area contributed by atoms with Crippen molar-refractivity contribution in [2.45, 2.75) is 37.8 Å². The summed E-state index contributed by atoms with van der Waals surface area (Å²) in [5, 5.41) is 3.57. The fraction of sp³-hybridized carbons (Fsp3) is 0.519. The number of carbonyl (C=O) groups excluding carboxylic acids is 1. The quantitative estimate of drug-likeness (QED) is 0.655. The van der Waals surface area contributed by atoms with Crippen molar-refractivity contribution >= 4 is 23.1 Å². The second kappa shape index (κ2) is 9.71. The molecule has 3 fully saturated rings. The zero-order valence-electron chi connectivity index (χ0n) is 20.9. The highest BCUT2D eigenvalue weighted by Gasteiger charge is 2.36. The molecule has 0 bridgehead atoms. The van der Waals surface area contributed by atoms with Crippen molar-refractivity contribution in [1.29, 1.82) is 0 Å². The van der Waals surface area contributed by atoms with Gasteiger partial charge in [0.1, 0.15) is 11.9 Å². The van der Waals surface area contributed by atoms with Crippen LogP contribution in [0.5, 0.6) is 5.75 Å². The van der Waals surface area contributed by atoms with Crippen LogP contribution < -0.4 is 15.0 Å². The number of pyridine rings is 2. The third kappa shape index (κ3) is 4.30. The van der Waals surface area contributed by atoms with E-state index in [4.69, 9.17) is 14.5 Å². The highest BCUT2D eigenvalue weighted by molar-refractivity contribution is 5.87. The van der Waals surface area contributed by atoms with Crippen molar-refractivity contribution < 1.29 is 14.3 Å². The second-order valence-corrected chi connectivity index (χ2v) is 10.1. The van der Waals surface area contributed by atoms with Crippen molar-refractivity contribution in [2.75, 3.05) is 62.7 Å². The van der Waals surface area contributed by atoms with Crippen LogP contribution in [0.4, 0.5) is 17.2 Å². The summed E-state index contributed by atoms with van der Waals surface area (Å²) in [7, 11) is 0. The largest absolute Gasteiger partial charge is 0.482 e. The number of nitrogens with one attached hydrogen (secondary N) is 1. The minimum absolute atomic E-state index is 0.0347. The molecule has 1 N–H and O–H groups in total. The average Bonchev–Trinajstić information content (AvgIpc) is 3.03. The fourth-order valence-electron chi connectivity index (χ4n) is 5.85. The topological polar surface area (TPSA) is 83.1 Å². The predicted octanol–water partition coefficient (Wildman–Crippen LogP) is 3.09. The molecule has 4 aliphatic heterocycles. The first-order valence-corrected chi connectivity index (χ1v) is 13.0. The van der Waals surface area contributed by atoms with Gasteiger partial charge in [-0.2, -0.15) is 0 Å². The minimum Gasteiger partial charge on any atom is -0.482 e. The molecule has 190 valence electrons. The first-order valence-electron chi connectivity index (χ1n) is 13.0. The first kappa shape index (κ1) is 23.2. The highest BCUT2D eigenvalue weighted by Crippen LogP contribution is 2.43. The maximum absolute atomic E-state index is 11.8. The van der Waals surface area contributed by atoms with E-state index < -0.39 is 0 Å². The molecule has 36 heavy (non-hydrogen) atoms. The molecule has 0 spiro atoms. The van der Waals surface area contributed by atoms with Crippen LogP contribution in [0.25, 0.3) is 0 Å². The molecule has 0 saturated carbocycles. The standard InChI is InChI=1S/C27H34N6O3/c1-3-25(34)33-16-20(17-33)31-8-5-19(6-9-31)21-14-22-24(15-29-21)36-18(2)26-23(4-7-28-27(26)30-22)32-10-12-35-13-11-32/h3-4,7,14-15,18-20H,1,5-6,8-13,16-17H2,2H3,(H,28,30)/t18-/m1/s1. The average molecular weight is 491 g/mol. The molecule has 1 amide bonds. The van der Waals surface area contributed by atoms with Gasteiger partial charge in [0.15, 0.2) is 5.75 Å². The summed E-state index contributed by atoms with van der Waals surface area (Å²) in [6.07, 6.45) is 7.12. The zero-order valence-corrected chi connectivity index (χ0v) is 20.9. The molecule has 0 aromatic carbocycles. The Morgan fingerprint density at radius 2 is 1.94 bits per heavy atom. The van der Waals surface area contributed by atoms with Gasteiger partial charge in [0.2, 0.25) is 5.91 Å². The smallest absolute Gasteiger partial charge is 0.246 e. The van der Waals surface area contributed by atoms with Crippen LogP contribution in [0, 0.1) is 0 Å². The number of nitrogens with zero attached hydrogens (tertiary/aromatic N) is 5. The van der Waals surface area contributed by atoms with Gasteiger partial charge in [-0.05, 0) is 51.1 Å². The maximum atomic E-state index is 11.8. The van der Waals surface area contributed by atoms with Crippen LogP contribution >= 0.6 is 0 Å². The Morgan fingerprint density at radius 3 is 2.69 bits per heavy atom. The Balaban J connectivity index is 1.16. The summed E-state index contributed by atoms with van der Waals surface area (Å²) >= 11 is 0. The molecule has 2 aromatic heterocycles. The van der Waals surface area contributed by atoms with Gasteiger partial charge in [0, 0.05) is 55.7 Å². The number of piperidine rings is 1. The number of morpholine rings is 1. The van der Waals surface area contributed by atoms with Gasteiger partial charge < -0.3 is 24.6 Å². The van der Waals surface area contributed by atoms with Crippen LogP contribution in [0.2, 0.25) is 0 Å². The lowest BCUT2D eigenvalue weighted by Gasteiger charge is -2.47. The Morgan fingerprint density at radius 1 is 1.17 bits per heavy atom. The molecule has 2 aromatic rings. The molecule has 6 rings (SSSR count). The van der Waals surface area contributed by atoms with Gasteiger partial charge in [-0.3, -0.25) is 14.7 Å². The number of aromatic nitrogens is 2. The molecule has 6 heterocycles. The molecule has 0 unspecified atom stereocenters. The number of ether oxygens (including phenoxy) is 2. The van der Waals surface area contributed by atoms with Gasteiger partial charge >= 0.3 is 0 Å². The third-order valence-electron chi connectivity index (χ3n) is 7.98. The van der Waals surface area contributed by atoms with Gasteiger partial charge in [-0.25, -0.2) is 4.98 Å². The number of fused-ring (bicyclic) bond motifs is 2. The lowest BCUT2D eigenvalue weighted by molar-refractivity contribution is -0.133. The monoisotopic (exact) mass is 490 g/mol. The van der Waals surface area contributed by atoms with Crippen molar-refractivity contribution in [1.82, 2.24) is 19.8 Å². The summed E-state index contributed by atoms with van der Waals surface area (Å²) in [5.74, 6) is 2.05. The van der Waals surface area contributed by atoms with Crippen LogP contribution in [0.1, 0.15) is 43.0 Å². The zero-order chi connectivity index (χ0) is 24.6. The van der Waals surface area contributed by atoms with E-state index >= 15 is 0 Å². The second-order valence-electron chi connectivity index (χ2n) is 10.1. The summed E-state index contributed by atoms with van der Waals surface area (Å²) < 4.78 is 11.9. The molecule has 3 saturated heterocycles. The first-order chi connectivity index (χ1) is 17.6. The highest BCUT2D eigenvalue weighted by atomic mass is 16.5. The number of rotatable bonds is 4. The predicted molar refractivity (Wildman–Crippen MR) is 138 cm³/mol. The molecule has 9 nitrogen and oxygen atoms in total. The van der Waals surface area contributed by atoms with E-state index in [0.717, 1.165) is 99.5 Å². The molecular weight excluding hydrogens is 456 g/mol. The van der Waals surface area contributed by atoms with Crippen LogP contribution in [-0.4, -0.2) is 84.2 Å². The van der Waals surface area contributed by atoms with E-state index in [1.54, 1.807) is 0 Å². The maximum Gasteiger partial charge on any atom is 0.246 e. The van der Waals surface area contributed by atoms with E-state index in [9.17, 15) is 4.79 Å². The molecule has 9 heteroatoms. The van der Waals surface area contributed by atoms with Gasteiger partial charge in [-0.1, -0.05) is 6.58 Å². The Labute approximate surface area is 212 Å². The lowest BCUT2D eigenvalue weighted by atomic mass is 9.91. The number of anilines is 3. The number of carbonyl (C=O) groups is 1. The number of amides is 1. The van der Waals surface area contributed by atoms with E-state index in [0.29, 0.717) is 12.0 Å². The van der Waals surface area contributed by atoms with Crippen molar-refractivity contribution in [3.8, 4) is 5.75 Å². The van der Waals surface area contributed by atoms with Crippen molar-refractivity contribution in [3.63, 3.8) is 0 Å². The Hall–Kier alpha value is -3.17. The lowest BCUT2D eigenvalue weighted by Crippen LogP contribution is -2.61. The SMILES string of the molecule is C=CC(=O)N1CC(N2CCC(c3cc4c(cn3)O[C@H](C)c3c(N5CCOCC5)ccnc3N4)CC2)C1. The normalized spacial score (nSPS) is 23.0. The van der Waals surface area contributed by atoms with Crippen molar-refractivity contribution in [3.05, 3.63) is 48.4 Å². The van der Waals surface area contributed by atoms with Crippen LogP contribution in [0.3, 0.4) is 0 Å². The van der Waals surface area contributed by atoms with Gasteiger partial charge in [-0.15, -0.1) is 0 Å². The number of hydrogen-bond donors (Lipinski definition) is 1. The Kier molecular flexibility index (Phi) is 6.27. The van der Waals surface area contributed by atoms with Gasteiger partial charge in [0.05, 0.1) is 30.7 Å². The van der Waals surface area contributed by atoms with E-state index in [1.165, 1.54) is 6.08 Å². The minimum atomic E-state index is -0.147. The molecule has 0 aliphatic carbocycles. The number of hydrogen-bond acceptors (Lipinski definition) is 8. The molecule has 1 atom stereocenters. The third-order valence-corrected chi connectivity index (χ3v) is 7.98. The molecular formula is C27H34N6O3. The molecule has 4 aliphatic rings. The van der Waals surface area contributed by atoms with Gasteiger partial charge in [0.25, 0.3) is 0 Å². The summed E-state index contributed by atoms with van der Waals surface area (Å²) in [6, 6.07) is 4.69. The van der Waals surface area contributed by atoms with E-state index in [2.05, 4.69) is 45.7 Å². The van der Waals surface area contributed by atoms with Crippen LogP contribution in [-0.2, 0) is 9.53 Å². The van der Waals surface area contributed by atoms with Crippen LogP contribution in [0.15, 0.2) is 37.2 Å². The number of likely N-dealkylation sites (tertiary alicyclic amines) is 2. The van der Waals surface area contributed by atoms with E-state index in [1.807, 2.05) is 17.3 Å². The van der Waals surface area contributed by atoms with Crippen molar-refractivity contribution in [2.24, 2.45) is 0 Å². The summed E-state index contributed by atoms with van der Waals surface area (Å²) in [6.45, 7) is 12.5.